The summed E-state index contributed by atoms with van der Waals surface area (Å²) in [5.41, 5.74) is -0.382. The second-order valence-electron chi connectivity index (χ2n) is 6.52. The number of hydrogen-bond donors (Lipinski definition) is 2. The average Bonchev–Trinajstić information content (AvgIpc) is 2.46. The second kappa shape index (κ2) is 13.2. The minimum atomic E-state index is -0.382. The van der Waals surface area contributed by atoms with Crippen LogP contribution in [0.3, 0.4) is 0 Å². The van der Waals surface area contributed by atoms with Crippen molar-refractivity contribution in [2.24, 2.45) is 4.99 Å². The fraction of sp³-hybridized carbons (Fsp3) is 0.882. The normalized spacial score (nSPS) is 12.1. The zero-order valence-corrected chi connectivity index (χ0v) is 15.5. The van der Waals surface area contributed by atoms with E-state index in [1.807, 2.05) is 20.8 Å². The van der Waals surface area contributed by atoms with E-state index >= 15 is 0 Å². The summed E-state index contributed by atoms with van der Waals surface area (Å²) < 4.78 is 10.3. The Labute approximate surface area is 141 Å². The number of aliphatic imine (C=N–C) groups is 1. The first kappa shape index (κ1) is 21.7. The van der Waals surface area contributed by atoms with Gasteiger partial charge in [-0.15, -0.1) is 0 Å². The molecule has 0 spiro atoms. The average molecular weight is 329 g/mol. The lowest BCUT2D eigenvalue weighted by molar-refractivity contribution is -0.154. The number of methoxy groups -OCH3 is 1. The third kappa shape index (κ3) is 15.4. The van der Waals surface area contributed by atoms with Gasteiger partial charge in [-0.25, -0.2) is 0 Å². The highest BCUT2D eigenvalue weighted by atomic mass is 16.6. The van der Waals surface area contributed by atoms with E-state index in [0.717, 1.165) is 57.8 Å². The molecule has 0 aliphatic rings. The monoisotopic (exact) mass is 329 g/mol. The first-order chi connectivity index (χ1) is 10.9. The number of hydrogen-bond acceptors (Lipinski definition) is 4. The summed E-state index contributed by atoms with van der Waals surface area (Å²) in [4.78, 5) is 15.7. The van der Waals surface area contributed by atoms with Gasteiger partial charge in [0.25, 0.3) is 0 Å². The molecule has 0 aliphatic heterocycles. The Bertz CT molecular complexity index is 338. The zero-order valence-electron chi connectivity index (χ0n) is 15.5. The fourth-order valence-electron chi connectivity index (χ4n) is 1.99. The van der Waals surface area contributed by atoms with Gasteiger partial charge in [0.2, 0.25) is 0 Å². The predicted octanol–water partition coefficient (Wildman–Crippen LogP) is 2.48. The lowest BCUT2D eigenvalue weighted by Gasteiger charge is -2.19. The van der Waals surface area contributed by atoms with Gasteiger partial charge in [-0.05, 0) is 40.0 Å². The van der Waals surface area contributed by atoms with Crippen molar-refractivity contribution >= 4 is 11.9 Å². The van der Waals surface area contributed by atoms with Crippen molar-refractivity contribution in [3.05, 3.63) is 0 Å². The topological polar surface area (TPSA) is 72.0 Å². The number of unbranched alkanes of at least 4 members (excludes halogenated alkanes) is 3. The number of nitrogens with zero attached hydrogens (tertiary/aromatic N) is 1. The van der Waals surface area contributed by atoms with Crippen LogP contribution in [-0.4, -0.2) is 51.4 Å². The van der Waals surface area contributed by atoms with Crippen LogP contribution in [0.4, 0.5) is 0 Å². The van der Waals surface area contributed by atoms with E-state index in [1.165, 1.54) is 0 Å². The molecule has 0 saturated heterocycles. The molecule has 0 bridgehead atoms. The van der Waals surface area contributed by atoms with Gasteiger partial charge in [0.1, 0.15) is 5.60 Å². The molecule has 0 aromatic heterocycles. The standard InChI is InChI=1S/C17H35N3O3/c1-17(2,3)23-15(21)11-8-6-7-9-12-19-16(18-4)20-13-10-14-22-5/h6-14H2,1-5H3,(H2,18,19,20). The SMILES string of the molecule is CN=C(NCCCCCCC(=O)OC(C)(C)C)NCCCOC. The third-order valence-electron chi connectivity index (χ3n) is 3.06. The van der Waals surface area contributed by atoms with Gasteiger partial charge in [0, 0.05) is 40.3 Å². The van der Waals surface area contributed by atoms with Crippen LogP contribution in [0.1, 0.15) is 59.3 Å². The maximum Gasteiger partial charge on any atom is 0.306 e. The second-order valence-corrected chi connectivity index (χ2v) is 6.52. The highest BCUT2D eigenvalue weighted by molar-refractivity contribution is 5.79. The van der Waals surface area contributed by atoms with Gasteiger partial charge < -0.3 is 20.1 Å². The molecule has 6 nitrogen and oxygen atoms in total. The van der Waals surface area contributed by atoms with Crippen LogP contribution in [0.25, 0.3) is 0 Å². The van der Waals surface area contributed by atoms with E-state index in [4.69, 9.17) is 9.47 Å². The van der Waals surface area contributed by atoms with Crippen molar-refractivity contribution in [2.75, 3.05) is 33.9 Å². The zero-order chi connectivity index (χ0) is 17.6. The Kier molecular flexibility index (Phi) is 12.4. The first-order valence-electron chi connectivity index (χ1n) is 8.54. The van der Waals surface area contributed by atoms with Gasteiger partial charge in [-0.2, -0.15) is 0 Å². The molecule has 0 aliphatic carbocycles. The Morgan fingerprint density at radius 1 is 1.00 bits per heavy atom. The van der Waals surface area contributed by atoms with Crippen LogP contribution in [0.5, 0.6) is 0 Å². The van der Waals surface area contributed by atoms with E-state index in [0.29, 0.717) is 6.42 Å². The van der Waals surface area contributed by atoms with Crippen molar-refractivity contribution in [3.63, 3.8) is 0 Å². The molecule has 0 radical (unpaired) electrons. The Morgan fingerprint density at radius 2 is 1.61 bits per heavy atom. The summed E-state index contributed by atoms with van der Waals surface area (Å²) >= 11 is 0. The Balaban J connectivity index is 3.52. The molecule has 0 atom stereocenters. The number of rotatable bonds is 11. The summed E-state index contributed by atoms with van der Waals surface area (Å²) in [7, 11) is 3.47. The molecular formula is C17H35N3O3. The quantitative estimate of drug-likeness (QED) is 0.264. The van der Waals surface area contributed by atoms with Gasteiger partial charge >= 0.3 is 5.97 Å². The van der Waals surface area contributed by atoms with Crippen LogP contribution in [0.15, 0.2) is 4.99 Å². The van der Waals surface area contributed by atoms with Crippen molar-refractivity contribution in [1.29, 1.82) is 0 Å². The summed E-state index contributed by atoms with van der Waals surface area (Å²) in [6, 6.07) is 0. The van der Waals surface area contributed by atoms with Crippen molar-refractivity contribution in [1.82, 2.24) is 10.6 Å². The fourth-order valence-corrected chi connectivity index (χ4v) is 1.99. The molecule has 0 aromatic rings. The van der Waals surface area contributed by atoms with E-state index < -0.39 is 0 Å². The third-order valence-corrected chi connectivity index (χ3v) is 3.06. The molecule has 0 unspecified atom stereocenters. The minimum Gasteiger partial charge on any atom is -0.460 e. The molecular weight excluding hydrogens is 294 g/mol. The highest BCUT2D eigenvalue weighted by Gasteiger charge is 2.15. The van der Waals surface area contributed by atoms with Crippen LogP contribution < -0.4 is 10.6 Å². The van der Waals surface area contributed by atoms with Crippen LogP contribution in [-0.2, 0) is 14.3 Å². The summed E-state index contributed by atoms with van der Waals surface area (Å²) in [6.45, 7) is 8.17. The smallest absolute Gasteiger partial charge is 0.306 e. The summed E-state index contributed by atoms with van der Waals surface area (Å²) in [5, 5.41) is 6.52. The van der Waals surface area contributed by atoms with Crippen molar-refractivity contribution < 1.29 is 14.3 Å². The summed E-state index contributed by atoms with van der Waals surface area (Å²) in [5.74, 6) is 0.728. The number of ether oxygens (including phenoxy) is 2. The molecule has 0 fully saturated rings. The molecule has 23 heavy (non-hydrogen) atoms. The molecule has 136 valence electrons. The van der Waals surface area contributed by atoms with Gasteiger partial charge in [0.15, 0.2) is 5.96 Å². The van der Waals surface area contributed by atoms with Crippen molar-refractivity contribution in [2.45, 2.75) is 64.9 Å². The number of nitrogens with one attached hydrogen (secondary N) is 2. The predicted molar refractivity (Wildman–Crippen MR) is 94.8 cm³/mol. The number of esters is 1. The highest BCUT2D eigenvalue weighted by Crippen LogP contribution is 2.10. The van der Waals surface area contributed by atoms with E-state index in [-0.39, 0.29) is 11.6 Å². The molecule has 0 heterocycles. The van der Waals surface area contributed by atoms with Crippen LogP contribution >= 0.6 is 0 Å². The molecule has 0 amide bonds. The van der Waals surface area contributed by atoms with Crippen LogP contribution in [0, 0.1) is 0 Å². The van der Waals surface area contributed by atoms with Crippen molar-refractivity contribution in [3.8, 4) is 0 Å². The number of carbonyl (C=O) groups is 1. The molecule has 0 aromatic carbocycles. The number of carbonyl (C=O) groups excluding carboxylic acids is 1. The first-order valence-corrected chi connectivity index (χ1v) is 8.54. The lowest BCUT2D eigenvalue weighted by Crippen LogP contribution is -2.38. The largest absolute Gasteiger partial charge is 0.460 e. The Morgan fingerprint density at radius 3 is 2.17 bits per heavy atom. The van der Waals surface area contributed by atoms with E-state index in [1.54, 1.807) is 14.2 Å². The molecule has 2 N–H and O–H groups in total. The molecule has 6 heteroatoms. The minimum absolute atomic E-state index is 0.101. The van der Waals surface area contributed by atoms with E-state index in [2.05, 4.69) is 15.6 Å². The molecule has 0 rings (SSSR count). The maximum absolute atomic E-state index is 11.6. The van der Waals surface area contributed by atoms with Gasteiger partial charge in [-0.1, -0.05) is 12.8 Å². The molecule has 0 saturated carbocycles. The van der Waals surface area contributed by atoms with Crippen LogP contribution in [0.2, 0.25) is 0 Å². The van der Waals surface area contributed by atoms with E-state index in [9.17, 15) is 4.79 Å². The number of guanidine groups is 1. The maximum atomic E-state index is 11.6. The summed E-state index contributed by atoms with van der Waals surface area (Å²) in [6.07, 6.45) is 5.55. The lowest BCUT2D eigenvalue weighted by atomic mass is 10.1. The van der Waals surface area contributed by atoms with Gasteiger partial charge in [0.05, 0.1) is 0 Å². The Hall–Kier alpha value is -1.30. The van der Waals surface area contributed by atoms with Gasteiger partial charge in [-0.3, -0.25) is 9.79 Å².